The minimum Gasteiger partial charge on any atom is -0.375 e. The maximum atomic E-state index is 12.1. The highest BCUT2D eigenvalue weighted by Crippen LogP contribution is 2.23. The summed E-state index contributed by atoms with van der Waals surface area (Å²) in [5.74, 6) is 0.0580. The van der Waals surface area contributed by atoms with E-state index in [-0.39, 0.29) is 18.4 Å². The van der Waals surface area contributed by atoms with Gasteiger partial charge in [-0.3, -0.25) is 9.59 Å². The lowest BCUT2D eigenvalue weighted by atomic mass is 10.2. The van der Waals surface area contributed by atoms with Crippen molar-refractivity contribution in [1.29, 1.82) is 0 Å². The van der Waals surface area contributed by atoms with Crippen LogP contribution in [0.3, 0.4) is 0 Å². The van der Waals surface area contributed by atoms with Gasteiger partial charge in [-0.05, 0) is 49.7 Å². The Kier molecular flexibility index (Phi) is 7.03. The van der Waals surface area contributed by atoms with Crippen molar-refractivity contribution in [2.75, 3.05) is 30.1 Å². The van der Waals surface area contributed by atoms with Crippen LogP contribution >= 0.6 is 11.8 Å². The van der Waals surface area contributed by atoms with Crippen LogP contribution in [0.2, 0.25) is 0 Å². The lowest BCUT2D eigenvalue weighted by molar-refractivity contribution is -0.119. The first-order valence-corrected chi connectivity index (χ1v) is 8.85. The zero-order chi connectivity index (χ0) is 18.2. The minimum atomic E-state index is -0.218. The summed E-state index contributed by atoms with van der Waals surface area (Å²) in [5, 5.41) is 5.56. The van der Waals surface area contributed by atoms with Crippen molar-refractivity contribution in [2.24, 2.45) is 0 Å². The third-order valence-electron chi connectivity index (χ3n) is 3.43. The van der Waals surface area contributed by atoms with E-state index in [1.54, 1.807) is 24.3 Å². The number of ether oxygens (including phenoxy) is 1. The number of carbonyl (C=O) groups is 2. The molecule has 2 rings (SSSR count). The van der Waals surface area contributed by atoms with Crippen LogP contribution in [0.4, 0.5) is 11.4 Å². The molecule has 0 heterocycles. The maximum absolute atomic E-state index is 12.1. The van der Waals surface area contributed by atoms with Crippen molar-refractivity contribution in [3.05, 3.63) is 53.6 Å². The fourth-order valence-electron chi connectivity index (χ4n) is 2.17. The number of aryl methyl sites for hydroxylation is 2. The molecule has 5 nitrogen and oxygen atoms in total. The largest absolute Gasteiger partial charge is 0.375 e. The fraction of sp³-hybridized carbons (Fsp3) is 0.263. The summed E-state index contributed by atoms with van der Waals surface area (Å²) in [6.45, 7) is 4.08. The summed E-state index contributed by atoms with van der Waals surface area (Å²) in [4.78, 5) is 24.7. The first-order valence-electron chi connectivity index (χ1n) is 7.86. The second kappa shape index (κ2) is 9.25. The van der Waals surface area contributed by atoms with E-state index in [9.17, 15) is 9.59 Å². The number of rotatable bonds is 7. The molecule has 0 aliphatic rings. The lowest BCUT2D eigenvalue weighted by Crippen LogP contribution is -2.17. The van der Waals surface area contributed by atoms with Gasteiger partial charge >= 0.3 is 0 Å². The van der Waals surface area contributed by atoms with Crippen LogP contribution in [0, 0.1) is 13.8 Å². The molecule has 0 fully saturated rings. The normalized spacial score (nSPS) is 10.4. The van der Waals surface area contributed by atoms with E-state index in [4.69, 9.17) is 4.74 Å². The molecule has 2 amide bonds. The van der Waals surface area contributed by atoms with Crippen molar-refractivity contribution in [3.63, 3.8) is 0 Å². The molecule has 6 heteroatoms. The molecule has 2 aromatic carbocycles. The molecule has 0 aliphatic carbocycles. The molecular weight excluding hydrogens is 336 g/mol. The Hall–Kier alpha value is -2.31. The molecular formula is C19H22N2O3S. The molecule has 0 unspecified atom stereocenters. The summed E-state index contributed by atoms with van der Waals surface area (Å²) >= 11 is 1.52. The van der Waals surface area contributed by atoms with E-state index in [1.165, 1.54) is 30.0 Å². The van der Waals surface area contributed by atoms with Gasteiger partial charge in [-0.15, -0.1) is 11.8 Å². The first kappa shape index (κ1) is 19.0. The third kappa shape index (κ3) is 6.25. The van der Waals surface area contributed by atoms with Crippen molar-refractivity contribution in [1.82, 2.24) is 0 Å². The number of hydrogen-bond acceptors (Lipinski definition) is 4. The Morgan fingerprint density at radius 2 is 1.56 bits per heavy atom. The number of hydrogen-bond donors (Lipinski definition) is 2. The second-order valence-corrected chi connectivity index (χ2v) is 6.68. The molecule has 132 valence electrons. The number of thioether (sulfide) groups is 1. The molecule has 0 bridgehead atoms. The second-order valence-electron chi connectivity index (χ2n) is 5.66. The average molecular weight is 358 g/mol. The van der Waals surface area contributed by atoms with Crippen molar-refractivity contribution >= 4 is 35.0 Å². The van der Waals surface area contributed by atoms with Gasteiger partial charge in [-0.25, -0.2) is 0 Å². The zero-order valence-electron chi connectivity index (χ0n) is 14.6. The van der Waals surface area contributed by atoms with Gasteiger partial charge in [0.1, 0.15) is 6.61 Å². The summed E-state index contributed by atoms with van der Waals surface area (Å²) in [6, 6.07) is 13.2. The van der Waals surface area contributed by atoms with Crippen LogP contribution in [0.25, 0.3) is 0 Å². The molecule has 0 aromatic heterocycles. The standard InChI is InChI=1S/C19H22N2O3S/c1-13-4-5-14(2)17(10-13)25-12-19(23)21-16-8-6-15(7-9-16)20-18(22)11-24-3/h4-10H,11-12H2,1-3H3,(H,20,22)(H,21,23). The van der Waals surface area contributed by atoms with E-state index in [0.717, 1.165) is 4.90 Å². The van der Waals surface area contributed by atoms with E-state index in [1.807, 2.05) is 13.8 Å². The molecule has 0 spiro atoms. The predicted octanol–water partition coefficient (Wildman–Crippen LogP) is 3.62. The van der Waals surface area contributed by atoms with Gasteiger partial charge in [0.2, 0.25) is 11.8 Å². The number of benzene rings is 2. The van der Waals surface area contributed by atoms with Gasteiger partial charge in [0.25, 0.3) is 0 Å². The van der Waals surface area contributed by atoms with Gasteiger partial charge in [0.05, 0.1) is 5.75 Å². The third-order valence-corrected chi connectivity index (χ3v) is 4.59. The molecule has 0 aliphatic heterocycles. The van der Waals surface area contributed by atoms with Crippen molar-refractivity contribution in [2.45, 2.75) is 18.7 Å². The fourth-order valence-corrected chi connectivity index (χ4v) is 3.09. The number of amides is 2. The van der Waals surface area contributed by atoms with Crippen LogP contribution in [0.1, 0.15) is 11.1 Å². The highest BCUT2D eigenvalue weighted by Gasteiger charge is 2.07. The number of carbonyl (C=O) groups excluding carboxylic acids is 2. The van der Waals surface area contributed by atoms with Gasteiger partial charge in [-0.2, -0.15) is 0 Å². The van der Waals surface area contributed by atoms with Gasteiger partial charge in [0.15, 0.2) is 0 Å². The molecule has 0 radical (unpaired) electrons. The topological polar surface area (TPSA) is 67.4 Å². The summed E-state index contributed by atoms with van der Waals surface area (Å²) in [5.41, 5.74) is 3.69. The van der Waals surface area contributed by atoms with Gasteiger partial charge < -0.3 is 15.4 Å². The first-order chi connectivity index (χ1) is 12.0. The molecule has 0 saturated carbocycles. The Morgan fingerprint density at radius 3 is 2.16 bits per heavy atom. The van der Waals surface area contributed by atoms with E-state index < -0.39 is 0 Å². The van der Waals surface area contributed by atoms with Crippen LogP contribution < -0.4 is 10.6 Å². The zero-order valence-corrected chi connectivity index (χ0v) is 15.4. The van der Waals surface area contributed by atoms with E-state index >= 15 is 0 Å². The quantitative estimate of drug-likeness (QED) is 0.742. The lowest BCUT2D eigenvalue weighted by Gasteiger charge is -2.09. The molecule has 0 saturated heterocycles. The van der Waals surface area contributed by atoms with Crippen LogP contribution in [0.15, 0.2) is 47.4 Å². The molecule has 0 atom stereocenters. The van der Waals surface area contributed by atoms with E-state index in [2.05, 4.69) is 28.8 Å². The minimum absolute atomic E-state index is 0.00802. The predicted molar refractivity (Wildman–Crippen MR) is 102 cm³/mol. The number of methoxy groups -OCH3 is 1. The summed E-state index contributed by atoms with van der Waals surface area (Å²) in [6.07, 6.45) is 0. The number of nitrogens with one attached hydrogen (secondary N) is 2. The van der Waals surface area contributed by atoms with Gasteiger partial charge in [-0.1, -0.05) is 17.7 Å². The highest BCUT2D eigenvalue weighted by atomic mass is 32.2. The van der Waals surface area contributed by atoms with Gasteiger partial charge in [0, 0.05) is 23.4 Å². The molecule has 2 N–H and O–H groups in total. The van der Waals surface area contributed by atoms with Crippen molar-refractivity contribution in [3.8, 4) is 0 Å². The smallest absolute Gasteiger partial charge is 0.250 e. The van der Waals surface area contributed by atoms with Crippen molar-refractivity contribution < 1.29 is 14.3 Å². The Bertz CT molecular complexity index is 745. The van der Waals surface area contributed by atoms with Crippen LogP contribution in [-0.2, 0) is 14.3 Å². The highest BCUT2D eigenvalue weighted by molar-refractivity contribution is 8.00. The molecule has 25 heavy (non-hydrogen) atoms. The van der Waals surface area contributed by atoms with E-state index in [0.29, 0.717) is 17.1 Å². The number of anilines is 2. The monoisotopic (exact) mass is 358 g/mol. The molecule has 2 aromatic rings. The summed E-state index contributed by atoms with van der Waals surface area (Å²) < 4.78 is 4.76. The summed E-state index contributed by atoms with van der Waals surface area (Å²) in [7, 11) is 1.47. The van der Waals surface area contributed by atoms with Crippen LogP contribution in [-0.4, -0.2) is 31.3 Å². The Balaban J connectivity index is 1.86. The maximum Gasteiger partial charge on any atom is 0.250 e. The Morgan fingerprint density at radius 1 is 0.960 bits per heavy atom. The average Bonchev–Trinajstić information content (AvgIpc) is 2.58. The Labute approximate surface area is 152 Å². The SMILES string of the molecule is COCC(=O)Nc1ccc(NC(=O)CSc2cc(C)ccc2C)cc1. The van der Waals surface area contributed by atoms with Crippen LogP contribution in [0.5, 0.6) is 0 Å².